The number of nitrogens with zero attached hydrogens (tertiary/aromatic N) is 2. The van der Waals surface area contributed by atoms with Gasteiger partial charge in [0.15, 0.2) is 0 Å². The first-order valence-electron chi connectivity index (χ1n) is 7.46. The van der Waals surface area contributed by atoms with E-state index in [-0.39, 0.29) is 5.60 Å². The molecule has 1 atom stereocenters. The molecule has 2 aliphatic rings. The van der Waals surface area contributed by atoms with Gasteiger partial charge in [-0.15, -0.1) is 0 Å². The third kappa shape index (κ3) is 2.49. The van der Waals surface area contributed by atoms with Crippen LogP contribution in [0.5, 0.6) is 0 Å². The Morgan fingerprint density at radius 1 is 1.26 bits per heavy atom. The van der Waals surface area contributed by atoms with Gasteiger partial charge in [0.1, 0.15) is 0 Å². The van der Waals surface area contributed by atoms with Crippen molar-refractivity contribution >= 4 is 15.9 Å². The van der Waals surface area contributed by atoms with Gasteiger partial charge < -0.3 is 4.74 Å². The molecular weight excluding hydrogens is 304 g/mol. The van der Waals surface area contributed by atoms with Crippen molar-refractivity contribution in [3.8, 4) is 0 Å². The van der Waals surface area contributed by atoms with Gasteiger partial charge in [0.2, 0.25) is 0 Å². The van der Waals surface area contributed by atoms with Crippen molar-refractivity contribution in [1.82, 2.24) is 9.78 Å². The van der Waals surface area contributed by atoms with Crippen LogP contribution in [0.1, 0.15) is 62.4 Å². The zero-order chi connectivity index (χ0) is 13.5. The minimum absolute atomic E-state index is 0.153. The third-order valence-corrected chi connectivity index (χ3v) is 5.96. The molecule has 1 spiro atoms. The number of hydrogen-bond acceptors (Lipinski definition) is 2. The van der Waals surface area contributed by atoms with E-state index >= 15 is 0 Å². The van der Waals surface area contributed by atoms with E-state index in [4.69, 9.17) is 9.84 Å². The molecule has 106 valence electrons. The molecule has 1 saturated heterocycles. The summed E-state index contributed by atoms with van der Waals surface area (Å²) in [5.74, 6) is 0. The lowest BCUT2D eigenvalue weighted by molar-refractivity contribution is -0.115. The van der Waals surface area contributed by atoms with Gasteiger partial charge in [-0.3, -0.25) is 4.68 Å². The van der Waals surface area contributed by atoms with E-state index in [1.54, 1.807) is 0 Å². The molecule has 1 aliphatic heterocycles. The van der Waals surface area contributed by atoms with Crippen LogP contribution in [0.3, 0.4) is 0 Å². The first-order chi connectivity index (χ1) is 9.11. The molecule has 4 heteroatoms. The number of halogens is 1. The van der Waals surface area contributed by atoms with Gasteiger partial charge in [-0.2, -0.15) is 5.10 Å². The fraction of sp³-hybridized carbons (Fsp3) is 0.800. The number of ether oxygens (including phenoxy) is 1. The SMILES string of the molecule is Cc1nn(C2CCOC3(CCCCC3)C2)c(C)c1Br. The van der Waals surface area contributed by atoms with Crippen LogP contribution in [0.4, 0.5) is 0 Å². The minimum atomic E-state index is 0.153. The van der Waals surface area contributed by atoms with Crippen molar-refractivity contribution in [3.05, 3.63) is 15.9 Å². The molecule has 0 radical (unpaired) electrons. The highest BCUT2D eigenvalue weighted by Crippen LogP contribution is 2.42. The van der Waals surface area contributed by atoms with Crippen LogP contribution in [-0.4, -0.2) is 22.0 Å². The molecule has 1 saturated carbocycles. The van der Waals surface area contributed by atoms with E-state index in [0.29, 0.717) is 6.04 Å². The van der Waals surface area contributed by atoms with E-state index in [9.17, 15) is 0 Å². The summed E-state index contributed by atoms with van der Waals surface area (Å²) in [6.07, 6.45) is 8.74. The third-order valence-electron chi connectivity index (χ3n) is 4.81. The maximum atomic E-state index is 6.18. The Labute approximate surface area is 123 Å². The lowest BCUT2D eigenvalue weighted by atomic mass is 9.78. The van der Waals surface area contributed by atoms with E-state index < -0.39 is 0 Å². The predicted molar refractivity (Wildman–Crippen MR) is 79.4 cm³/mol. The minimum Gasteiger partial charge on any atom is -0.375 e. The van der Waals surface area contributed by atoms with Crippen molar-refractivity contribution in [1.29, 1.82) is 0 Å². The lowest BCUT2D eigenvalue weighted by Crippen LogP contribution is -2.42. The largest absolute Gasteiger partial charge is 0.375 e. The quantitative estimate of drug-likeness (QED) is 0.768. The number of hydrogen-bond donors (Lipinski definition) is 0. The van der Waals surface area contributed by atoms with Crippen LogP contribution >= 0.6 is 15.9 Å². The van der Waals surface area contributed by atoms with Gasteiger partial charge in [-0.25, -0.2) is 0 Å². The number of aryl methyl sites for hydroxylation is 1. The van der Waals surface area contributed by atoms with Crippen LogP contribution in [0.15, 0.2) is 4.47 Å². The van der Waals surface area contributed by atoms with Gasteiger partial charge in [0, 0.05) is 6.61 Å². The number of aromatic nitrogens is 2. The molecule has 2 heterocycles. The molecule has 0 aromatic carbocycles. The van der Waals surface area contributed by atoms with Crippen molar-refractivity contribution in [3.63, 3.8) is 0 Å². The van der Waals surface area contributed by atoms with Crippen molar-refractivity contribution in [2.75, 3.05) is 6.61 Å². The summed E-state index contributed by atoms with van der Waals surface area (Å²) in [6, 6.07) is 0.511. The highest BCUT2D eigenvalue weighted by molar-refractivity contribution is 9.10. The Balaban J connectivity index is 1.83. The maximum Gasteiger partial charge on any atom is 0.0738 e. The first-order valence-corrected chi connectivity index (χ1v) is 8.26. The summed E-state index contributed by atoms with van der Waals surface area (Å²) in [7, 11) is 0. The van der Waals surface area contributed by atoms with E-state index in [2.05, 4.69) is 34.5 Å². The van der Waals surface area contributed by atoms with Crippen molar-refractivity contribution < 1.29 is 4.74 Å². The van der Waals surface area contributed by atoms with E-state index in [0.717, 1.165) is 29.6 Å². The number of rotatable bonds is 1. The Morgan fingerprint density at radius 2 is 2.00 bits per heavy atom. The topological polar surface area (TPSA) is 27.1 Å². The second kappa shape index (κ2) is 5.21. The van der Waals surface area contributed by atoms with Gasteiger partial charge >= 0.3 is 0 Å². The Bertz CT molecular complexity index is 457. The summed E-state index contributed by atoms with van der Waals surface area (Å²) in [4.78, 5) is 0. The molecular formula is C15H23BrN2O. The summed E-state index contributed by atoms with van der Waals surface area (Å²) in [5.41, 5.74) is 2.51. The molecule has 1 unspecified atom stereocenters. The standard InChI is InChI=1S/C15H23BrN2O/c1-11-14(16)12(2)18(17-11)13-6-9-19-15(10-13)7-4-3-5-8-15/h13H,3-10H2,1-2H3. The normalized spacial score (nSPS) is 26.8. The van der Waals surface area contributed by atoms with E-state index in [1.807, 2.05) is 0 Å². The fourth-order valence-corrected chi connectivity index (χ4v) is 4.01. The molecule has 0 bridgehead atoms. The second-order valence-electron chi connectivity index (χ2n) is 6.17. The van der Waals surface area contributed by atoms with Crippen molar-refractivity contribution in [2.45, 2.75) is 70.4 Å². The van der Waals surface area contributed by atoms with Crippen LogP contribution in [0.2, 0.25) is 0 Å². The smallest absolute Gasteiger partial charge is 0.0738 e. The van der Waals surface area contributed by atoms with Crippen molar-refractivity contribution in [2.24, 2.45) is 0 Å². The van der Waals surface area contributed by atoms with Gasteiger partial charge in [-0.05, 0) is 55.5 Å². The molecule has 1 aromatic heterocycles. The van der Waals surface area contributed by atoms with Gasteiger partial charge in [-0.1, -0.05) is 19.3 Å². The molecule has 19 heavy (non-hydrogen) atoms. The summed E-state index contributed by atoms with van der Waals surface area (Å²) >= 11 is 3.64. The second-order valence-corrected chi connectivity index (χ2v) is 6.96. The first kappa shape index (κ1) is 13.6. The van der Waals surface area contributed by atoms with Crippen LogP contribution in [0.25, 0.3) is 0 Å². The fourth-order valence-electron chi connectivity index (χ4n) is 3.75. The molecule has 3 nitrogen and oxygen atoms in total. The van der Waals surface area contributed by atoms with Gasteiger partial charge in [0.05, 0.1) is 27.5 Å². The average molecular weight is 327 g/mol. The van der Waals surface area contributed by atoms with Crippen LogP contribution in [0, 0.1) is 13.8 Å². The zero-order valence-corrected chi connectivity index (χ0v) is 13.5. The van der Waals surface area contributed by atoms with E-state index in [1.165, 1.54) is 37.8 Å². The summed E-state index contributed by atoms with van der Waals surface area (Å²) in [6.45, 7) is 5.12. The molecule has 1 aliphatic carbocycles. The zero-order valence-electron chi connectivity index (χ0n) is 11.9. The maximum absolute atomic E-state index is 6.18. The molecule has 3 rings (SSSR count). The van der Waals surface area contributed by atoms with Crippen LogP contribution < -0.4 is 0 Å². The molecule has 0 amide bonds. The highest BCUT2D eigenvalue weighted by Gasteiger charge is 2.39. The van der Waals surface area contributed by atoms with Gasteiger partial charge in [0.25, 0.3) is 0 Å². The monoisotopic (exact) mass is 326 g/mol. The average Bonchev–Trinajstić information content (AvgIpc) is 2.68. The Hall–Kier alpha value is -0.350. The summed E-state index contributed by atoms with van der Waals surface area (Å²) in [5, 5.41) is 4.73. The highest BCUT2D eigenvalue weighted by atomic mass is 79.9. The Kier molecular flexibility index (Phi) is 3.73. The lowest BCUT2D eigenvalue weighted by Gasteiger charge is -2.43. The Morgan fingerprint density at radius 3 is 2.63 bits per heavy atom. The summed E-state index contributed by atoms with van der Waals surface area (Å²) < 4.78 is 9.58. The molecule has 1 aromatic rings. The molecule has 0 N–H and O–H groups in total. The van der Waals surface area contributed by atoms with Crippen LogP contribution in [-0.2, 0) is 4.74 Å². The molecule has 2 fully saturated rings. The predicted octanol–water partition coefficient (Wildman–Crippen LogP) is 4.32.